The summed E-state index contributed by atoms with van der Waals surface area (Å²) < 4.78 is 0.985. The second-order valence-corrected chi connectivity index (χ2v) is 6.21. The van der Waals surface area contributed by atoms with Gasteiger partial charge in [0.1, 0.15) is 5.82 Å². The molecule has 0 aliphatic carbocycles. The number of nitrogens with one attached hydrogen (secondary N) is 1. The van der Waals surface area contributed by atoms with Crippen molar-refractivity contribution < 1.29 is 4.79 Å². The Bertz CT molecular complexity index is 683. The van der Waals surface area contributed by atoms with E-state index in [1.54, 1.807) is 6.20 Å². The molecule has 0 aliphatic rings. The Labute approximate surface area is 133 Å². The van der Waals surface area contributed by atoms with Gasteiger partial charge in [-0.15, -0.1) is 0 Å². The van der Waals surface area contributed by atoms with Crippen molar-refractivity contribution in [3.8, 4) is 0 Å². The first kappa shape index (κ1) is 15.6. The zero-order valence-corrected chi connectivity index (χ0v) is 14.2. The number of hydrogen-bond donors (Lipinski definition) is 1. The van der Waals surface area contributed by atoms with Gasteiger partial charge < -0.3 is 5.32 Å². The van der Waals surface area contributed by atoms with Crippen LogP contribution in [0.25, 0.3) is 0 Å². The van der Waals surface area contributed by atoms with Crippen LogP contribution in [0.3, 0.4) is 0 Å². The van der Waals surface area contributed by atoms with Crippen LogP contribution in [0.4, 0.5) is 5.69 Å². The molecule has 1 aromatic heterocycles. The second kappa shape index (κ2) is 6.35. The molecule has 2 rings (SSSR count). The summed E-state index contributed by atoms with van der Waals surface area (Å²) in [6, 6.07) is 5.73. The van der Waals surface area contributed by atoms with Gasteiger partial charge in [-0.2, -0.15) is 0 Å². The van der Waals surface area contributed by atoms with Crippen molar-refractivity contribution in [1.82, 2.24) is 9.97 Å². The summed E-state index contributed by atoms with van der Waals surface area (Å²) in [5, 5.41) is 2.90. The molecule has 0 aliphatic heterocycles. The molecule has 0 bridgehead atoms. The van der Waals surface area contributed by atoms with Gasteiger partial charge >= 0.3 is 0 Å². The molecule has 0 spiro atoms. The third-order valence-corrected chi connectivity index (χ3v) is 3.69. The fourth-order valence-corrected chi connectivity index (χ4v) is 2.42. The molecule has 1 amide bonds. The number of aromatic nitrogens is 2. The van der Waals surface area contributed by atoms with E-state index in [-0.39, 0.29) is 11.8 Å². The van der Waals surface area contributed by atoms with Crippen molar-refractivity contribution in [2.45, 2.75) is 33.6 Å². The Kier molecular flexibility index (Phi) is 4.73. The van der Waals surface area contributed by atoms with Crippen LogP contribution in [0.2, 0.25) is 0 Å². The van der Waals surface area contributed by atoms with Crippen LogP contribution in [0.1, 0.15) is 47.2 Å². The van der Waals surface area contributed by atoms with E-state index >= 15 is 0 Å². The highest BCUT2D eigenvalue weighted by Crippen LogP contribution is 2.21. The number of benzene rings is 1. The highest BCUT2D eigenvalue weighted by Gasteiger charge is 2.14. The molecular weight excluding hydrogens is 330 g/mol. The average molecular weight is 348 g/mol. The number of amides is 1. The van der Waals surface area contributed by atoms with Gasteiger partial charge in [0.2, 0.25) is 0 Å². The fourth-order valence-electron chi connectivity index (χ4n) is 1.94. The number of rotatable bonds is 3. The van der Waals surface area contributed by atoms with E-state index in [1.807, 2.05) is 45.9 Å². The Morgan fingerprint density at radius 2 is 2.00 bits per heavy atom. The number of aryl methyl sites for hydroxylation is 2. The van der Waals surface area contributed by atoms with E-state index in [2.05, 4.69) is 31.2 Å². The second-order valence-electron chi connectivity index (χ2n) is 5.30. The first-order valence-corrected chi connectivity index (χ1v) is 7.59. The van der Waals surface area contributed by atoms with E-state index < -0.39 is 0 Å². The normalized spacial score (nSPS) is 10.8. The molecule has 0 atom stereocenters. The molecule has 4 nitrogen and oxygen atoms in total. The van der Waals surface area contributed by atoms with Crippen LogP contribution in [0.15, 0.2) is 28.9 Å². The van der Waals surface area contributed by atoms with Gasteiger partial charge in [0.05, 0.1) is 11.3 Å². The van der Waals surface area contributed by atoms with Crippen molar-refractivity contribution in [1.29, 1.82) is 0 Å². The van der Waals surface area contributed by atoms with E-state index in [0.29, 0.717) is 11.3 Å². The van der Waals surface area contributed by atoms with Crippen LogP contribution >= 0.6 is 15.9 Å². The van der Waals surface area contributed by atoms with Crippen molar-refractivity contribution in [2.24, 2.45) is 0 Å². The summed E-state index contributed by atoms with van der Waals surface area (Å²) in [7, 11) is 0. The number of nitrogens with zero attached hydrogens (tertiary/aromatic N) is 2. The molecule has 0 fully saturated rings. The largest absolute Gasteiger partial charge is 0.322 e. The van der Waals surface area contributed by atoms with Crippen LogP contribution in [-0.2, 0) is 0 Å². The van der Waals surface area contributed by atoms with Gasteiger partial charge in [-0.25, -0.2) is 9.97 Å². The minimum absolute atomic E-state index is 0.187. The SMILES string of the molecule is Cc1cc(Br)ccc1NC(=O)c1cnc(C(C)C)nc1C. The number of hydrogen-bond acceptors (Lipinski definition) is 3. The molecular formula is C16H18BrN3O. The van der Waals surface area contributed by atoms with Crippen LogP contribution in [0.5, 0.6) is 0 Å². The lowest BCUT2D eigenvalue weighted by atomic mass is 10.1. The monoisotopic (exact) mass is 347 g/mol. The Morgan fingerprint density at radius 1 is 1.29 bits per heavy atom. The molecule has 0 unspecified atom stereocenters. The number of carbonyl (C=O) groups excluding carboxylic acids is 1. The van der Waals surface area contributed by atoms with E-state index in [1.165, 1.54) is 0 Å². The predicted octanol–water partition coefficient (Wildman–Crippen LogP) is 4.23. The van der Waals surface area contributed by atoms with Gasteiger partial charge in [-0.3, -0.25) is 4.79 Å². The van der Waals surface area contributed by atoms with Crippen molar-refractivity contribution >= 4 is 27.5 Å². The fraction of sp³-hybridized carbons (Fsp3) is 0.312. The van der Waals surface area contributed by atoms with Crippen LogP contribution < -0.4 is 5.32 Å². The maximum Gasteiger partial charge on any atom is 0.259 e. The Balaban J connectivity index is 2.24. The van der Waals surface area contributed by atoms with Gasteiger partial charge in [-0.1, -0.05) is 29.8 Å². The first-order chi connectivity index (χ1) is 9.88. The van der Waals surface area contributed by atoms with Gasteiger partial charge in [-0.05, 0) is 37.6 Å². The summed E-state index contributed by atoms with van der Waals surface area (Å²) in [5.74, 6) is 0.812. The maximum absolute atomic E-state index is 12.4. The molecule has 5 heteroatoms. The van der Waals surface area contributed by atoms with Gasteiger partial charge in [0, 0.05) is 22.3 Å². The lowest BCUT2D eigenvalue weighted by Crippen LogP contribution is -2.16. The quantitative estimate of drug-likeness (QED) is 0.903. The molecule has 1 heterocycles. The molecule has 2 aromatic rings. The Hall–Kier alpha value is -1.75. The minimum Gasteiger partial charge on any atom is -0.322 e. The summed E-state index contributed by atoms with van der Waals surface area (Å²) in [6.45, 7) is 7.84. The minimum atomic E-state index is -0.187. The molecule has 21 heavy (non-hydrogen) atoms. The molecule has 1 N–H and O–H groups in total. The summed E-state index contributed by atoms with van der Waals surface area (Å²) in [4.78, 5) is 21.0. The smallest absolute Gasteiger partial charge is 0.259 e. The zero-order valence-electron chi connectivity index (χ0n) is 12.6. The average Bonchev–Trinajstić information content (AvgIpc) is 2.41. The maximum atomic E-state index is 12.4. The molecule has 1 aromatic carbocycles. The van der Waals surface area contributed by atoms with Gasteiger partial charge in [0.25, 0.3) is 5.91 Å². The number of carbonyl (C=O) groups is 1. The molecule has 0 radical (unpaired) electrons. The standard InChI is InChI=1S/C16H18BrN3O/c1-9(2)15-18-8-13(11(4)19-15)16(21)20-14-6-5-12(17)7-10(14)3/h5-9H,1-4H3,(H,20,21). The van der Waals surface area contributed by atoms with Crippen LogP contribution in [0, 0.1) is 13.8 Å². The molecule has 110 valence electrons. The highest BCUT2D eigenvalue weighted by atomic mass is 79.9. The van der Waals surface area contributed by atoms with E-state index in [9.17, 15) is 4.79 Å². The summed E-state index contributed by atoms with van der Waals surface area (Å²) in [6.07, 6.45) is 1.60. The predicted molar refractivity (Wildman–Crippen MR) is 87.7 cm³/mol. The third-order valence-electron chi connectivity index (χ3n) is 3.20. The lowest BCUT2D eigenvalue weighted by molar-refractivity contribution is 0.102. The first-order valence-electron chi connectivity index (χ1n) is 6.79. The molecule has 0 saturated carbocycles. The van der Waals surface area contributed by atoms with Crippen molar-refractivity contribution in [3.05, 3.63) is 51.5 Å². The number of anilines is 1. The van der Waals surface area contributed by atoms with Crippen LogP contribution in [-0.4, -0.2) is 15.9 Å². The van der Waals surface area contributed by atoms with Crippen molar-refractivity contribution in [2.75, 3.05) is 5.32 Å². The van der Waals surface area contributed by atoms with E-state index in [4.69, 9.17) is 0 Å². The number of halogens is 1. The summed E-state index contributed by atoms with van der Waals surface area (Å²) >= 11 is 3.41. The highest BCUT2D eigenvalue weighted by molar-refractivity contribution is 9.10. The lowest BCUT2D eigenvalue weighted by Gasteiger charge is -2.11. The van der Waals surface area contributed by atoms with E-state index in [0.717, 1.165) is 21.5 Å². The van der Waals surface area contributed by atoms with Gasteiger partial charge in [0.15, 0.2) is 0 Å². The Morgan fingerprint density at radius 3 is 2.57 bits per heavy atom. The molecule has 0 saturated heterocycles. The summed E-state index contributed by atoms with van der Waals surface area (Å²) in [5.41, 5.74) is 2.98. The topological polar surface area (TPSA) is 54.9 Å². The third kappa shape index (κ3) is 3.67. The van der Waals surface area contributed by atoms with Crippen molar-refractivity contribution in [3.63, 3.8) is 0 Å². The zero-order chi connectivity index (χ0) is 15.6.